The van der Waals surface area contributed by atoms with E-state index in [1.165, 1.54) is 24.8 Å². The Morgan fingerprint density at radius 3 is 2.42 bits per heavy atom. The van der Waals surface area contributed by atoms with E-state index in [9.17, 15) is 0 Å². The van der Waals surface area contributed by atoms with Crippen molar-refractivity contribution >= 4 is 0 Å². The predicted octanol–water partition coefficient (Wildman–Crippen LogP) is 3.78. The largest absolute Gasteiger partial charge is 0.0654 e. The van der Waals surface area contributed by atoms with Gasteiger partial charge in [-0.05, 0) is 30.4 Å². The van der Waals surface area contributed by atoms with Crippen LogP contribution in [0.2, 0.25) is 0 Å². The Kier molecular flexibility index (Phi) is 3.86. The van der Waals surface area contributed by atoms with Crippen LogP contribution in [-0.4, -0.2) is 0 Å². The van der Waals surface area contributed by atoms with Crippen molar-refractivity contribution < 1.29 is 0 Å². The van der Waals surface area contributed by atoms with Crippen molar-refractivity contribution in [3.05, 3.63) is 35.9 Å². The standard InChI is InChI=1S/C12H17/c1-3-8-11(4-2)12-9-6-5-7-10-12/h6-7,9-11H,3-4,8H2,1-2H3. The third-order valence-corrected chi connectivity index (χ3v) is 2.35. The molecule has 0 heterocycles. The molecule has 0 saturated heterocycles. The van der Waals surface area contributed by atoms with Gasteiger partial charge in [-0.15, -0.1) is 0 Å². The van der Waals surface area contributed by atoms with Gasteiger partial charge in [0, 0.05) is 0 Å². The molecule has 0 N–H and O–H groups in total. The molecule has 0 spiro atoms. The van der Waals surface area contributed by atoms with Crippen molar-refractivity contribution in [2.24, 2.45) is 0 Å². The Balaban J connectivity index is 2.66. The molecular formula is C12H17. The molecule has 65 valence electrons. The lowest BCUT2D eigenvalue weighted by atomic mass is 9.92. The second kappa shape index (κ2) is 4.97. The molecule has 1 unspecified atom stereocenters. The summed E-state index contributed by atoms with van der Waals surface area (Å²) in [5, 5.41) is 0. The number of rotatable bonds is 4. The van der Waals surface area contributed by atoms with Crippen molar-refractivity contribution in [2.45, 2.75) is 39.0 Å². The van der Waals surface area contributed by atoms with Crippen LogP contribution in [0.4, 0.5) is 0 Å². The Labute approximate surface area is 75.6 Å². The van der Waals surface area contributed by atoms with Gasteiger partial charge in [0.15, 0.2) is 0 Å². The van der Waals surface area contributed by atoms with Gasteiger partial charge in [0.2, 0.25) is 0 Å². The van der Waals surface area contributed by atoms with E-state index in [2.05, 4.69) is 32.0 Å². The van der Waals surface area contributed by atoms with Gasteiger partial charge in [-0.1, -0.05) is 44.5 Å². The molecule has 1 aromatic carbocycles. The Morgan fingerprint density at radius 2 is 1.92 bits per heavy atom. The molecular weight excluding hydrogens is 144 g/mol. The molecule has 1 atom stereocenters. The molecule has 0 aliphatic carbocycles. The fourth-order valence-corrected chi connectivity index (χ4v) is 1.63. The summed E-state index contributed by atoms with van der Waals surface area (Å²) in [5.74, 6) is 0.754. The van der Waals surface area contributed by atoms with E-state index in [0.717, 1.165) is 5.92 Å². The molecule has 0 nitrogen and oxygen atoms in total. The number of hydrogen-bond acceptors (Lipinski definition) is 0. The molecule has 1 radical (unpaired) electrons. The molecule has 12 heavy (non-hydrogen) atoms. The van der Waals surface area contributed by atoms with E-state index in [-0.39, 0.29) is 0 Å². The lowest BCUT2D eigenvalue weighted by Crippen LogP contribution is -1.95. The molecule has 1 aromatic rings. The third-order valence-electron chi connectivity index (χ3n) is 2.35. The molecule has 0 aromatic heterocycles. The molecule has 0 fully saturated rings. The normalized spacial score (nSPS) is 12.8. The maximum Gasteiger partial charge on any atom is -0.0165 e. The van der Waals surface area contributed by atoms with Crippen LogP contribution >= 0.6 is 0 Å². The van der Waals surface area contributed by atoms with Crippen LogP contribution in [0.25, 0.3) is 0 Å². The van der Waals surface area contributed by atoms with Crippen LogP contribution in [-0.2, 0) is 0 Å². The fraction of sp³-hybridized carbons (Fsp3) is 0.500. The minimum Gasteiger partial charge on any atom is -0.0654 e. The van der Waals surface area contributed by atoms with Gasteiger partial charge >= 0.3 is 0 Å². The lowest BCUT2D eigenvalue weighted by molar-refractivity contribution is 0.596. The molecule has 0 saturated carbocycles. The summed E-state index contributed by atoms with van der Waals surface area (Å²) in [6.45, 7) is 4.51. The lowest BCUT2D eigenvalue weighted by Gasteiger charge is -2.13. The first-order valence-electron chi connectivity index (χ1n) is 4.84. The summed E-state index contributed by atoms with van der Waals surface area (Å²) >= 11 is 0. The van der Waals surface area contributed by atoms with Gasteiger partial charge in [-0.2, -0.15) is 0 Å². The highest BCUT2D eigenvalue weighted by atomic mass is 14.1. The summed E-state index contributed by atoms with van der Waals surface area (Å²) in [7, 11) is 0. The van der Waals surface area contributed by atoms with Crippen molar-refractivity contribution in [1.29, 1.82) is 0 Å². The predicted molar refractivity (Wildman–Crippen MR) is 53.2 cm³/mol. The second-order valence-corrected chi connectivity index (χ2v) is 3.23. The van der Waals surface area contributed by atoms with Crippen LogP contribution in [0.1, 0.15) is 44.6 Å². The highest BCUT2D eigenvalue weighted by molar-refractivity contribution is 5.18. The van der Waals surface area contributed by atoms with Gasteiger partial charge < -0.3 is 0 Å². The molecule has 0 heteroatoms. The van der Waals surface area contributed by atoms with Crippen LogP contribution in [0.5, 0.6) is 0 Å². The van der Waals surface area contributed by atoms with Gasteiger partial charge in [0.05, 0.1) is 0 Å². The van der Waals surface area contributed by atoms with Crippen molar-refractivity contribution in [1.82, 2.24) is 0 Å². The summed E-state index contributed by atoms with van der Waals surface area (Å²) in [6.07, 6.45) is 3.83. The highest BCUT2D eigenvalue weighted by Crippen LogP contribution is 2.23. The van der Waals surface area contributed by atoms with E-state index >= 15 is 0 Å². The molecule has 1 rings (SSSR count). The first-order chi connectivity index (χ1) is 5.88. The molecule has 0 amide bonds. The Morgan fingerprint density at radius 1 is 1.25 bits per heavy atom. The second-order valence-electron chi connectivity index (χ2n) is 3.23. The summed E-state index contributed by atoms with van der Waals surface area (Å²) in [5.41, 5.74) is 1.47. The van der Waals surface area contributed by atoms with Crippen LogP contribution in [0.3, 0.4) is 0 Å². The van der Waals surface area contributed by atoms with Crippen molar-refractivity contribution in [3.63, 3.8) is 0 Å². The van der Waals surface area contributed by atoms with E-state index in [4.69, 9.17) is 0 Å². The molecule has 0 bridgehead atoms. The van der Waals surface area contributed by atoms with E-state index < -0.39 is 0 Å². The van der Waals surface area contributed by atoms with E-state index in [0.29, 0.717) is 0 Å². The van der Waals surface area contributed by atoms with Crippen molar-refractivity contribution in [2.75, 3.05) is 0 Å². The number of hydrogen-bond donors (Lipinski definition) is 0. The fourth-order valence-electron chi connectivity index (χ4n) is 1.63. The minimum atomic E-state index is 0.754. The first kappa shape index (κ1) is 9.31. The Hall–Kier alpha value is -0.780. The zero-order valence-electron chi connectivity index (χ0n) is 8.01. The maximum atomic E-state index is 3.05. The first-order valence-corrected chi connectivity index (χ1v) is 4.84. The van der Waals surface area contributed by atoms with Crippen LogP contribution in [0.15, 0.2) is 24.3 Å². The average Bonchev–Trinajstić information content (AvgIpc) is 2.15. The minimum absolute atomic E-state index is 0.754. The van der Waals surface area contributed by atoms with Crippen LogP contribution in [0, 0.1) is 6.07 Å². The molecule has 0 aliphatic heterocycles. The van der Waals surface area contributed by atoms with E-state index in [1.54, 1.807) is 0 Å². The highest BCUT2D eigenvalue weighted by Gasteiger charge is 2.06. The maximum absolute atomic E-state index is 3.05. The van der Waals surface area contributed by atoms with Crippen LogP contribution < -0.4 is 0 Å². The quantitative estimate of drug-likeness (QED) is 0.630. The average molecular weight is 161 g/mol. The third kappa shape index (κ3) is 2.37. The zero-order chi connectivity index (χ0) is 8.81. The summed E-state index contributed by atoms with van der Waals surface area (Å²) in [6, 6.07) is 11.4. The SMILES string of the molecule is CCCC(CC)c1cc[c]cc1. The topological polar surface area (TPSA) is 0 Å². The van der Waals surface area contributed by atoms with Gasteiger partial charge in [-0.25, -0.2) is 0 Å². The summed E-state index contributed by atoms with van der Waals surface area (Å²) < 4.78 is 0. The monoisotopic (exact) mass is 161 g/mol. The van der Waals surface area contributed by atoms with Gasteiger partial charge in [0.25, 0.3) is 0 Å². The zero-order valence-corrected chi connectivity index (χ0v) is 8.01. The van der Waals surface area contributed by atoms with Crippen molar-refractivity contribution in [3.8, 4) is 0 Å². The van der Waals surface area contributed by atoms with Gasteiger partial charge in [0.1, 0.15) is 0 Å². The Bertz CT molecular complexity index is 201. The summed E-state index contributed by atoms with van der Waals surface area (Å²) in [4.78, 5) is 0. The number of benzene rings is 1. The van der Waals surface area contributed by atoms with Gasteiger partial charge in [-0.3, -0.25) is 0 Å². The smallest absolute Gasteiger partial charge is 0.0165 e. The van der Waals surface area contributed by atoms with E-state index in [1.807, 2.05) is 12.1 Å². The molecule has 0 aliphatic rings.